The number of nitrogens with one attached hydrogen (secondary N) is 2. The lowest BCUT2D eigenvalue weighted by molar-refractivity contribution is -0.138. The van der Waals surface area contributed by atoms with Crippen LogP contribution in [0.1, 0.15) is 32.6 Å². The Hall–Kier alpha value is -2.45. The number of imide groups is 2. The number of nitrogens with zero attached hydrogens (tertiary/aromatic N) is 1. The molecular formula is C12H17N3O6. The second-order valence-corrected chi connectivity index (χ2v) is 4.67. The van der Waals surface area contributed by atoms with Gasteiger partial charge in [-0.25, -0.2) is 4.79 Å². The predicted octanol–water partition coefficient (Wildman–Crippen LogP) is -0.785. The average molecular weight is 299 g/mol. The molecule has 1 aliphatic heterocycles. The molecule has 9 nitrogen and oxygen atoms in total. The number of carbonyl (C=O) groups excluding carboxylic acids is 4. The lowest BCUT2D eigenvalue weighted by Crippen LogP contribution is -2.61. The van der Waals surface area contributed by atoms with Crippen LogP contribution in [0.15, 0.2) is 0 Å². The van der Waals surface area contributed by atoms with Crippen molar-refractivity contribution >= 4 is 29.7 Å². The molecule has 1 fully saturated rings. The molecule has 0 bridgehead atoms. The number of hydrogen-bond donors (Lipinski definition) is 3. The molecule has 1 aliphatic rings. The lowest BCUT2D eigenvalue weighted by atomic mass is 10.2. The molecule has 21 heavy (non-hydrogen) atoms. The first-order valence-electron chi connectivity index (χ1n) is 6.47. The van der Waals surface area contributed by atoms with Crippen molar-refractivity contribution in [2.24, 2.45) is 0 Å². The van der Waals surface area contributed by atoms with E-state index in [0.717, 1.165) is 4.90 Å². The molecule has 0 spiro atoms. The maximum atomic E-state index is 11.8. The number of urea groups is 1. The fourth-order valence-electron chi connectivity index (χ4n) is 1.78. The van der Waals surface area contributed by atoms with Gasteiger partial charge in [0.1, 0.15) is 12.6 Å². The monoisotopic (exact) mass is 299 g/mol. The summed E-state index contributed by atoms with van der Waals surface area (Å²) < 4.78 is 0. The number of carbonyl (C=O) groups is 5. The predicted molar refractivity (Wildman–Crippen MR) is 69.0 cm³/mol. The van der Waals surface area contributed by atoms with E-state index in [4.69, 9.17) is 5.11 Å². The molecule has 5 amide bonds. The molecule has 0 saturated carbocycles. The van der Waals surface area contributed by atoms with Crippen molar-refractivity contribution in [2.45, 2.75) is 38.6 Å². The molecule has 0 aromatic heterocycles. The zero-order chi connectivity index (χ0) is 16.0. The van der Waals surface area contributed by atoms with Crippen LogP contribution in [0, 0.1) is 0 Å². The Kier molecular flexibility index (Phi) is 5.82. The summed E-state index contributed by atoms with van der Waals surface area (Å²) in [5, 5.41) is 12.6. The van der Waals surface area contributed by atoms with Gasteiger partial charge in [0.15, 0.2) is 0 Å². The minimum absolute atomic E-state index is 0.00137. The molecule has 9 heteroatoms. The molecule has 0 aromatic carbocycles. The molecule has 1 saturated heterocycles. The van der Waals surface area contributed by atoms with Gasteiger partial charge < -0.3 is 10.0 Å². The number of carboxylic acid groups (broad SMARTS) is 1. The first-order valence-corrected chi connectivity index (χ1v) is 6.47. The second-order valence-electron chi connectivity index (χ2n) is 4.67. The molecule has 1 rings (SSSR count). The van der Waals surface area contributed by atoms with Crippen molar-refractivity contribution in [1.82, 2.24) is 15.5 Å². The van der Waals surface area contributed by atoms with Gasteiger partial charge in [-0.3, -0.25) is 29.8 Å². The molecule has 1 atom stereocenters. The van der Waals surface area contributed by atoms with Crippen molar-refractivity contribution in [2.75, 3.05) is 6.54 Å². The Morgan fingerprint density at radius 2 is 1.90 bits per heavy atom. The van der Waals surface area contributed by atoms with Crippen LogP contribution in [0.2, 0.25) is 0 Å². The van der Waals surface area contributed by atoms with Crippen LogP contribution in [0.3, 0.4) is 0 Å². The Morgan fingerprint density at radius 3 is 2.52 bits per heavy atom. The number of carboxylic acids is 1. The van der Waals surface area contributed by atoms with Gasteiger partial charge in [-0.2, -0.15) is 0 Å². The van der Waals surface area contributed by atoms with Crippen LogP contribution >= 0.6 is 0 Å². The Bertz CT molecular complexity index is 476. The smallest absolute Gasteiger partial charge is 0.325 e. The third-order valence-electron chi connectivity index (χ3n) is 2.98. The normalized spacial score (nSPS) is 18.1. The van der Waals surface area contributed by atoms with Gasteiger partial charge in [-0.1, -0.05) is 0 Å². The van der Waals surface area contributed by atoms with Crippen molar-refractivity contribution in [3.8, 4) is 0 Å². The summed E-state index contributed by atoms with van der Waals surface area (Å²) in [6.07, 6.45) is 0.624. The zero-order valence-corrected chi connectivity index (χ0v) is 11.5. The van der Waals surface area contributed by atoms with E-state index in [2.05, 4.69) is 10.6 Å². The first-order chi connectivity index (χ1) is 9.81. The molecule has 116 valence electrons. The number of hydrogen-bond acceptors (Lipinski definition) is 5. The highest BCUT2D eigenvalue weighted by Gasteiger charge is 2.34. The van der Waals surface area contributed by atoms with Gasteiger partial charge in [0.25, 0.3) is 0 Å². The number of piperazine rings is 1. The summed E-state index contributed by atoms with van der Waals surface area (Å²) in [6, 6.07) is -1.66. The van der Waals surface area contributed by atoms with Crippen molar-refractivity contribution in [3.05, 3.63) is 0 Å². The minimum atomic E-state index is -0.946. The van der Waals surface area contributed by atoms with E-state index in [1.54, 1.807) is 0 Å². The van der Waals surface area contributed by atoms with Crippen LogP contribution in [-0.4, -0.2) is 52.3 Å². The lowest BCUT2D eigenvalue weighted by Gasteiger charge is -2.31. The van der Waals surface area contributed by atoms with Crippen LogP contribution < -0.4 is 10.6 Å². The summed E-state index contributed by atoms with van der Waals surface area (Å²) in [5.41, 5.74) is 0. The van der Waals surface area contributed by atoms with Gasteiger partial charge in [-0.05, 0) is 19.8 Å². The average Bonchev–Trinajstić information content (AvgIpc) is 2.38. The zero-order valence-electron chi connectivity index (χ0n) is 11.5. The van der Waals surface area contributed by atoms with Crippen molar-refractivity contribution < 1.29 is 29.1 Å². The fraction of sp³-hybridized carbons (Fsp3) is 0.583. The summed E-state index contributed by atoms with van der Waals surface area (Å²) in [5.74, 6) is -2.73. The quantitative estimate of drug-likeness (QED) is 0.450. The fourth-order valence-corrected chi connectivity index (χ4v) is 1.78. The van der Waals surface area contributed by atoms with E-state index in [-0.39, 0.29) is 19.4 Å². The summed E-state index contributed by atoms with van der Waals surface area (Å²) in [7, 11) is 0. The molecule has 1 heterocycles. The Morgan fingerprint density at radius 1 is 1.29 bits per heavy atom. The highest BCUT2D eigenvalue weighted by molar-refractivity contribution is 6.05. The van der Waals surface area contributed by atoms with Crippen LogP contribution in [0.25, 0.3) is 0 Å². The summed E-state index contributed by atoms with van der Waals surface area (Å²) in [4.78, 5) is 57.2. The van der Waals surface area contributed by atoms with Gasteiger partial charge in [0, 0.05) is 12.8 Å². The van der Waals surface area contributed by atoms with Crippen molar-refractivity contribution in [1.29, 1.82) is 0 Å². The maximum Gasteiger partial charge on any atom is 0.325 e. The second kappa shape index (κ2) is 7.36. The summed E-state index contributed by atoms with van der Waals surface area (Å²) >= 11 is 0. The number of unbranched alkanes of at least 4 members (excludes halogenated alkanes) is 1. The molecule has 0 radical (unpaired) electrons. The minimum Gasteiger partial charge on any atom is -0.481 e. The highest BCUT2D eigenvalue weighted by Crippen LogP contribution is 2.05. The van der Waals surface area contributed by atoms with Crippen molar-refractivity contribution in [3.63, 3.8) is 0 Å². The van der Waals surface area contributed by atoms with E-state index >= 15 is 0 Å². The Labute approximate surface area is 120 Å². The van der Waals surface area contributed by atoms with E-state index in [9.17, 15) is 24.0 Å². The van der Waals surface area contributed by atoms with Gasteiger partial charge in [0.2, 0.25) is 17.7 Å². The number of rotatable bonds is 5. The highest BCUT2D eigenvalue weighted by atomic mass is 16.4. The number of aliphatic carboxylic acids is 1. The Balaban J connectivity index is 2.41. The van der Waals surface area contributed by atoms with E-state index in [1.807, 2.05) is 0 Å². The third kappa shape index (κ3) is 5.21. The van der Waals surface area contributed by atoms with E-state index < -0.39 is 35.8 Å². The maximum absolute atomic E-state index is 11.8. The topological polar surface area (TPSA) is 133 Å². The van der Waals surface area contributed by atoms with E-state index in [0.29, 0.717) is 12.8 Å². The van der Waals surface area contributed by atoms with Crippen LogP contribution in [-0.2, 0) is 19.2 Å². The third-order valence-corrected chi connectivity index (χ3v) is 2.98. The standard InChI is InChI=1S/C12H17N3O6/c1-7-11(20)13-9(17)6-15(7)12(21)14-8(16)4-2-3-5-10(18)19/h7H,2-6H2,1H3,(H,18,19)(H,13,17,20)(H,14,16,21). The van der Waals surface area contributed by atoms with Gasteiger partial charge in [0.05, 0.1) is 0 Å². The molecule has 0 aliphatic carbocycles. The molecule has 1 unspecified atom stereocenters. The van der Waals surface area contributed by atoms with Gasteiger partial charge in [-0.15, -0.1) is 0 Å². The largest absolute Gasteiger partial charge is 0.481 e. The SMILES string of the molecule is CC1C(=O)NC(=O)CN1C(=O)NC(=O)CCCCC(=O)O. The first kappa shape index (κ1) is 16.6. The molecule has 3 N–H and O–H groups in total. The molecular weight excluding hydrogens is 282 g/mol. The number of amides is 5. The van der Waals surface area contributed by atoms with Gasteiger partial charge >= 0.3 is 12.0 Å². The van der Waals surface area contributed by atoms with E-state index in [1.165, 1.54) is 6.92 Å². The molecule has 0 aromatic rings. The summed E-state index contributed by atoms with van der Waals surface area (Å²) in [6.45, 7) is 1.14. The van der Waals surface area contributed by atoms with Crippen LogP contribution in [0.5, 0.6) is 0 Å². The van der Waals surface area contributed by atoms with Crippen LogP contribution in [0.4, 0.5) is 4.79 Å².